The summed E-state index contributed by atoms with van der Waals surface area (Å²) in [5, 5.41) is 0. The van der Waals surface area contributed by atoms with Gasteiger partial charge < -0.3 is 0 Å². The van der Waals surface area contributed by atoms with Gasteiger partial charge in [0.15, 0.2) is 0 Å². The van der Waals surface area contributed by atoms with Gasteiger partial charge in [-0.1, -0.05) is 57.5 Å². The van der Waals surface area contributed by atoms with Crippen LogP contribution < -0.4 is 0 Å². The Labute approximate surface area is 104 Å². The normalized spacial score (nSPS) is 15.6. The summed E-state index contributed by atoms with van der Waals surface area (Å²) in [7, 11) is 0. The Kier molecular flexibility index (Phi) is 3.78. The van der Waals surface area contributed by atoms with Crippen molar-refractivity contribution < 1.29 is 0 Å². The highest BCUT2D eigenvalue weighted by Gasteiger charge is 2.20. The summed E-state index contributed by atoms with van der Waals surface area (Å²) in [6.07, 6.45) is 3.33. The number of hydrogen-bond donors (Lipinski definition) is 0. The highest BCUT2D eigenvalue weighted by atomic mass is 14.8. The van der Waals surface area contributed by atoms with Crippen molar-refractivity contribution in [2.24, 2.45) is 10.9 Å². The molecule has 17 heavy (non-hydrogen) atoms. The summed E-state index contributed by atoms with van der Waals surface area (Å²) in [6, 6.07) is 10.6. The number of rotatable bonds is 4. The molecule has 0 radical (unpaired) electrons. The Morgan fingerprint density at radius 1 is 1.18 bits per heavy atom. The van der Waals surface area contributed by atoms with E-state index in [2.05, 4.69) is 51.1 Å². The molecule has 0 aliphatic carbocycles. The monoisotopic (exact) mass is 227 g/mol. The lowest BCUT2D eigenvalue weighted by Crippen LogP contribution is -2.01. The fraction of sp³-hybridized carbons (Fsp3) is 0.438. The van der Waals surface area contributed by atoms with Crippen molar-refractivity contribution in [3.05, 3.63) is 47.2 Å². The highest BCUT2D eigenvalue weighted by molar-refractivity contribution is 6.04. The Hall–Kier alpha value is -1.37. The third kappa shape index (κ3) is 2.66. The topological polar surface area (TPSA) is 12.4 Å². The minimum atomic E-state index is 0.613. The molecule has 0 bridgehead atoms. The van der Waals surface area contributed by atoms with Crippen LogP contribution in [0.1, 0.15) is 45.6 Å². The van der Waals surface area contributed by atoms with Gasteiger partial charge in [0.05, 0.1) is 5.71 Å². The van der Waals surface area contributed by atoms with Gasteiger partial charge >= 0.3 is 0 Å². The van der Waals surface area contributed by atoms with Crippen molar-refractivity contribution in [2.75, 3.05) is 0 Å². The molecule has 1 aromatic carbocycles. The van der Waals surface area contributed by atoms with Crippen LogP contribution in [-0.2, 0) is 0 Å². The summed E-state index contributed by atoms with van der Waals surface area (Å²) in [5.41, 5.74) is 5.39. The van der Waals surface area contributed by atoms with Crippen LogP contribution in [0.5, 0.6) is 0 Å². The minimum Gasteiger partial charge on any atom is -0.257 e. The Bertz CT molecular complexity index is 438. The average Bonchev–Trinajstić information content (AvgIpc) is 2.75. The number of allylic oxidation sites excluding steroid dienone is 2. The third-order valence-electron chi connectivity index (χ3n) is 3.29. The second kappa shape index (κ2) is 5.31. The van der Waals surface area contributed by atoms with Gasteiger partial charge in [0.1, 0.15) is 0 Å². The number of nitrogens with zero attached hydrogens (tertiary/aromatic N) is 1. The fourth-order valence-electron chi connectivity index (χ4n) is 2.34. The van der Waals surface area contributed by atoms with Crippen LogP contribution in [0.25, 0.3) is 0 Å². The van der Waals surface area contributed by atoms with Crippen LogP contribution in [-0.4, -0.2) is 5.71 Å². The quantitative estimate of drug-likeness (QED) is 0.713. The number of hydrogen-bond acceptors (Lipinski definition) is 1. The second-order valence-corrected chi connectivity index (χ2v) is 4.98. The van der Waals surface area contributed by atoms with Crippen molar-refractivity contribution in [3.8, 4) is 0 Å². The molecule has 0 spiro atoms. The van der Waals surface area contributed by atoms with Gasteiger partial charge in [0.2, 0.25) is 0 Å². The lowest BCUT2D eigenvalue weighted by molar-refractivity contribution is 0.732. The number of benzene rings is 1. The molecule has 1 nitrogen and oxygen atoms in total. The zero-order valence-corrected chi connectivity index (χ0v) is 11.0. The van der Waals surface area contributed by atoms with E-state index in [1.54, 1.807) is 0 Å². The molecule has 0 saturated carbocycles. The molecule has 0 amide bonds. The van der Waals surface area contributed by atoms with E-state index in [-0.39, 0.29) is 0 Å². The third-order valence-corrected chi connectivity index (χ3v) is 3.29. The molecule has 1 aliphatic heterocycles. The van der Waals surface area contributed by atoms with E-state index in [1.165, 1.54) is 29.0 Å². The van der Waals surface area contributed by atoms with E-state index < -0.39 is 0 Å². The van der Waals surface area contributed by atoms with Gasteiger partial charge in [0.25, 0.3) is 0 Å². The van der Waals surface area contributed by atoms with Gasteiger partial charge in [-0.25, -0.2) is 0 Å². The Balaban J connectivity index is 2.24. The molecule has 0 fully saturated rings. The van der Waals surface area contributed by atoms with Gasteiger partial charge in [-0.3, -0.25) is 4.99 Å². The molecule has 0 aromatic heterocycles. The molecule has 0 N–H and O–H groups in total. The Morgan fingerprint density at radius 3 is 2.47 bits per heavy atom. The van der Waals surface area contributed by atoms with Crippen molar-refractivity contribution in [1.82, 2.24) is 0 Å². The van der Waals surface area contributed by atoms with Crippen molar-refractivity contribution >= 4 is 5.71 Å². The van der Waals surface area contributed by atoms with Gasteiger partial charge in [0, 0.05) is 12.1 Å². The average molecular weight is 227 g/mol. The van der Waals surface area contributed by atoms with Crippen molar-refractivity contribution in [1.29, 1.82) is 0 Å². The first-order valence-electron chi connectivity index (χ1n) is 6.57. The molecule has 1 heterocycles. The molecule has 2 rings (SSSR count). The van der Waals surface area contributed by atoms with E-state index in [0.29, 0.717) is 5.92 Å². The lowest BCUT2D eigenvalue weighted by Gasteiger charge is -2.08. The molecular weight excluding hydrogens is 206 g/mol. The highest BCUT2D eigenvalue weighted by Crippen LogP contribution is 2.31. The van der Waals surface area contributed by atoms with E-state index in [0.717, 1.165) is 12.8 Å². The molecule has 1 aliphatic rings. The predicted octanol–water partition coefficient (Wildman–Crippen LogP) is 4.59. The smallest absolute Gasteiger partial charge is 0.0520 e. The molecule has 1 heteroatoms. The van der Waals surface area contributed by atoms with Crippen molar-refractivity contribution in [3.63, 3.8) is 0 Å². The van der Waals surface area contributed by atoms with Crippen LogP contribution in [0.2, 0.25) is 0 Å². The zero-order valence-electron chi connectivity index (χ0n) is 11.0. The largest absolute Gasteiger partial charge is 0.257 e. The Morgan fingerprint density at radius 2 is 1.88 bits per heavy atom. The SMILES string of the molecule is CCCC1=C(C(C)C)CC(c2ccccc2)=N1. The summed E-state index contributed by atoms with van der Waals surface area (Å²) >= 11 is 0. The summed E-state index contributed by atoms with van der Waals surface area (Å²) < 4.78 is 0. The molecular formula is C16H21N. The summed E-state index contributed by atoms with van der Waals surface area (Å²) in [5.74, 6) is 0.613. The summed E-state index contributed by atoms with van der Waals surface area (Å²) in [6.45, 7) is 6.77. The number of aliphatic imine (C=N–C) groups is 1. The maximum absolute atomic E-state index is 4.85. The minimum absolute atomic E-state index is 0.613. The molecule has 90 valence electrons. The molecule has 0 unspecified atom stereocenters. The van der Waals surface area contributed by atoms with Crippen molar-refractivity contribution in [2.45, 2.75) is 40.0 Å². The van der Waals surface area contributed by atoms with Gasteiger partial charge in [-0.15, -0.1) is 0 Å². The lowest BCUT2D eigenvalue weighted by atomic mass is 9.95. The first kappa shape index (κ1) is 12.1. The first-order chi connectivity index (χ1) is 8.22. The first-order valence-corrected chi connectivity index (χ1v) is 6.57. The van der Waals surface area contributed by atoms with E-state index in [1.807, 2.05) is 0 Å². The van der Waals surface area contributed by atoms with E-state index in [9.17, 15) is 0 Å². The summed E-state index contributed by atoms with van der Waals surface area (Å²) in [4.78, 5) is 4.85. The maximum Gasteiger partial charge on any atom is 0.0520 e. The molecule has 0 saturated heterocycles. The fourth-order valence-corrected chi connectivity index (χ4v) is 2.34. The maximum atomic E-state index is 4.85. The van der Waals surface area contributed by atoms with Crippen LogP contribution in [0.3, 0.4) is 0 Å². The predicted molar refractivity (Wildman–Crippen MR) is 74.4 cm³/mol. The van der Waals surface area contributed by atoms with Crippen LogP contribution in [0.4, 0.5) is 0 Å². The molecule has 1 aromatic rings. The van der Waals surface area contributed by atoms with Crippen LogP contribution in [0.15, 0.2) is 46.6 Å². The standard InChI is InChI=1S/C16H21N/c1-4-8-15-14(12(2)3)11-16(17-15)13-9-6-5-7-10-13/h5-7,9-10,12H,4,8,11H2,1-3H3. The van der Waals surface area contributed by atoms with Crippen LogP contribution >= 0.6 is 0 Å². The van der Waals surface area contributed by atoms with Gasteiger partial charge in [-0.2, -0.15) is 0 Å². The van der Waals surface area contributed by atoms with Gasteiger partial charge in [-0.05, 0) is 23.5 Å². The second-order valence-electron chi connectivity index (χ2n) is 4.98. The van der Waals surface area contributed by atoms with E-state index >= 15 is 0 Å². The van der Waals surface area contributed by atoms with Crippen LogP contribution in [0, 0.1) is 5.92 Å². The molecule has 0 atom stereocenters. The van der Waals surface area contributed by atoms with E-state index in [4.69, 9.17) is 4.99 Å². The zero-order chi connectivity index (χ0) is 12.3.